The normalized spacial score (nSPS) is 13.9. The summed E-state index contributed by atoms with van der Waals surface area (Å²) in [4.78, 5) is 35.4. The van der Waals surface area contributed by atoms with Crippen LogP contribution in [0.15, 0.2) is 54.7 Å². The Balaban J connectivity index is 1.27. The van der Waals surface area contributed by atoms with Crippen LogP contribution >= 0.6 is 0 Å². The summed E-state index contributed by atoms with van der Waals surface area (Å²) in [6.45, 7) is 1.18. The summed E-state index contributed by atoms with van der Waals surface area (Å²) in [5, 5.41) is 31.0. The Labute approximate surface area is 200 Å². The molecule has 1 aromatic heterocycles. The first kappa shape index (κ1) is 23.9. The number of aliphatic carboxylic acids is 1. The van der Waals surface area contributed by atoms with Crippen LogP contribution in [0, 0.1) is 0 Å². The summed E-state index contributed by atoms with van der Waals surface area (Å²) in [6.07, 6.45) is -0.425. The zero-order chi connectivity index (χ0) is 24.9. The number of fused-ring (bicyclic) bond motifs is 3. The van der Waals surface area contributed by atoms with Gasteiger partial charge in [-0.1, -0.05) is 53.7 Å². The maximum absolute atomic E-state index is 12.3. The molecule has 0 saturated carbocycles. The lowest BCUT2D eigenvalue weighted by Gasteiger charge is -2.16. The van der Waals surface area contributed by atoms with Crippen molar-refractivity contribution in [1.29, 1.82) is 0 Å². The largest absolute Gasteiger partial charge is 0.480 e. The fourth-order valence-corrected chi connectivity index (χ4v) is 4.06. The molecule has 2 unspecified atom stereocenters. The average Bonchev–Trinajstić information content (AvgIpc) is 3.41. The molecule has 11 heteroatoms. The number of nitrogens with zero attached hydrogens (tertiary/aromatic N) is 3. The van der Waals surface area contributed by atoms with Crippen LogP contribution < -0.4 is 10.6 Å². The number of ether oxygens (including phenoxy) is 1. The molecular weight excluding hydrogens is 454 g/mol. The summed E-state index contributed by atoms with van der Waals surface area (Å²) in [7, 11) is 0. The Kier molecular flexibility index (Phi) is 7.06. The van der Waals surface area contributed by atoms with Crippen molar-refractivity contribution in [3.8, 4) is 11.1 Å². The van der Waals surface area contributed by atoms with E-state index < -0.39 is 30.1 Å². The third kappa shape index (κ3) is 5.46. The van der Waals surface area contributed by atoms with E-state index in [1.54, 1.807) is 0 Å². The van der Waals surface area contributed by atoms with Gasteiger partial charge in [0.15, 0.2) is 6.04 Å². The molecule has 0 saturated heterocycles. The monoisotopic (exact) mass is 479 g/mol. The highest BCUT2D eigenvalue weighted by molar-refractivity contribution is 5.83. The first-order chi connectivity index (χ1) is 16.8. The summed E-state index contributed by atoms with van der Waals surface area (Å²) in [5.74, 6) is -2.05. The lowest BCUT2D eigenvalue weighted by molar-refractivity contribution is -0.144. The number of amides is 2. The predicted molar refractivity (Wildman–Crippen MR) is 123 cm³/mol. The molecule has 0 aliphatic heterocycles. The van der Waals surface area contributed by atoms with Crippen molar-refractivity contribution in [1.82, 2.24) is 25.6 Å². The number of carbonyl (C=O) groups excluding carboxylic acids is 2. The van der Waals surface area contributed by atoms with Crippen LogP contribution in [0.1, 0.15) is 29.7 Å². The van der Waals surface area contributed by atoms with Gasteiger partial charge in [-0.05, 0) is 29.2 Å². The molecule has 1 heterocycles. The summed E-state index contributed by atoms with van der Waals surface area (Å²) in [5.41, 5.74) is 4.89. The van der Waals surface area contributed by atoms with E-state index in [-0.39, 0.29) is 25.6 Å². The number of aliphatic hydroxyl groups is 1. The molecule has 0 radical (unpaired) electrons. The fraction of sp³-hybridized carbons (Fsp3) is 0.292. The first-order valence-electron chi connectivity index (χ1n) is 11.0. The highest BCUT2D eigenvalue weighted by Gasteiger charge is 2.29. The van der Waals surface area contributed by atoms with Gasteiger partial charge in [0.05, 0.1) is 18.8 Å². The smallest absolute Gasteiger partial charge is 0.407 e. The third-order valence-electron chi connectivity index (χ3n) is 5.71. The lowest BCUT2D eigenvalue weighted by atomic mass is 9.98. The van der Waals surface area contributed by atoms with Gasteiger partial charge < -0.3 is 25.6 Å². The van der Waals surface area contributed by atoms with E-state index in [9.17, 15) is 19.5 Å². The number of alkyl carbamates (subject to hydrolysis) is 1. The molecule has 1 aliphatic carbocycles. The number of carboxylic acids is 1. The second kappa shape index (κ2) is 10.3. The molecule has 2 aromatic carbocycles. The van der Waals surface area contributed by atoms with Gasteiger partial charge >= 0.3 is 12.1 Å². The van der Waals surface area contributed by atoms with E-state index >= 15 is 0 Å². The highest BCUT2D eigenvalue weighted by atomic mass is 16.5. The minimum atomic E-state index is -1.43. The van der Waals surface area contributed by atoms with Crippen molar-refractivity contribution in [3.05, 3.63) is 71.5 Å². The Morgan fingerprint density at radius 3 is 2.31 bits per heavy atom. The third-order valence-corrected chi connectivity index (χ3v) is 5.71. The zero-order valence-corrected chi connectivity index (χ0v) is 18.9. The molecule has 2 amide bonds. The second-order valence-corrected chi connectivity index (χ2v) is 8.21. The van der Waals surface area contributed by atoms with Crippen molar-refractivity contribution < 1.29 is 29.3 Å². The average molecular weight is 479 g/mol. The quantitative estimate of drug-likeness (QED) is 0.358. The Morgan fingerprint density at radius 2 is 1.71 bits per heavy atom. The first-order valence-corrected chi connectivity index (χ1v) is 11.0. The van der Waals surface area contributed by atoms with Crippen molar-refractivity contribution in [3.63, 3.8) is 0 Å². The molecule has 0 spiro atoms. The number of aliphatic hydroxyl groups excluding tert-OH is 1. The zero-order valence-electron chi connectivity index (χ0n) is 18.9. The van der Waals surface area contributed by atoms with Crippen molar-refractivity contribution >= 4 is 18.0 Å². The molecule has 2 atom stereocenters. The van der Waals surface area contributed by atoms with Crippen LogP contribution in [0.5, 0.6) is 0 Å². The van der Waals surface area contributed by atoms with Gasteiger partial charge in [-0.2, -0.15) is 0 Å². The molecule has 11 nitrogen and oxygen atoms in total. The Morgan fingerprint density at radius 1 is 1.09 bits per heavy atom. The SMILES string of the molecule is CC(O)C(NC(=O)Cn1cc(CNC(=O)OCC2c3ccccc3-c3ccccc32)nn1)C(=O)O. The molecule has 182 valence electrons. The van der Waals surface area contributed by atoms with Gasteiger partial charge in [0.1, 0.15) is 18.8 Å². The van der Waals surface area contributed by atoms with Crippen LogP contribution in [-0.2, 0) is 27.4 Å². The molecule has 4 N–H and O–H groups in total. The number of aromatic nitrogens is 3. The molecule has 0 fully saturated rings. The van der Waals surface area contributed by atoms with E-state index in [4.69, 9.17) is 9.84 Å². The van der Waals surface area contributed by atoms with Crippen LogP contribution in [0.3, 0.4) is 0 Å². The number of nitrogens with one attached hydrogen (secondary N) is 2. The number of carboxylic acid groups (broad SMARTS) is 1. The van der Waals surface area contributed by atoms with E-state index in [0.29, 0.717) is 5.69 Å². The van der Waals surface area contributed by atoms with E-state index in [0.717, 1.165) is 22.3 Å². The van der Waals surface area contributed by atoms with Gasteiger partial charge in [0, 0.05) is 5.92 Å². The van der Waals surface area contributed by atoms with Crippen LogP contribution in [0.4, 0.5) is 4.79 Å². The van der Waals surface area contributed by atoms with Crippen molar-refractivity contribution in [2.45, 2.75) is 38.1 Å². The molecule has 3 aromatic rings. The number of rotatable bonds is 9. The summed E-state index contributed by atoms with van der Waals surface area (Å²) < 4.78 is 6.67. The number of benzene rings is 2. The number of carbonyl (C=O) groups is 3. The highest BCUT2D eigenvalue weighted by Crippen LogP contribution is 2.44. The fourth-order valence-electron chi connectivity index (χ4n) is 4.06. The summed E-state index contributed by atoms with van der Waals surface area (Å²) in [6, 6.07) is 14.7. The summed E-state index contributed by atoms with van der Waals surface area (Å²) >= 11 is 0. The topological polar surface area (TPSA) is 156 Å². The van der Waals surface area contributed by atoms with Gasteiger partial charge in [-0.3, -0.25) is 4.79 Å². The van der Waals surface area contributed by atoms with Crippen molar-refractivity contribution in [2.75, 3.05) is 6.61 Å². The molecule has 35 heavy (non-hydrogen) atoms. The maximum Gasteiger partial charge on any atom is 0.407 e. The predicted octanol–water partition coefficient (Wildman–Crippen LogP) is 1.27. The molecular formula is C24H25N5O6. The van der Waals surface area contributed by atoms with E-state index in [2.05, 4.69) is 33.1 Å². The Bertz CT molecular complexity index is 1190. The van der Waals surface area contributed by atoms with Gasteiger partial charge in [-0.25, -0.2) is 14.3 Å². The maximum atomic E-state index is 12.3. The Hall–Kier alpha value is -4.25. The van der Waals surface area contributed by atoms with Crippen molar-refractivity contribution in [2.24, 2.45) is 0 Å². The minimum absolute atomic E-state index is 0.0315. The second-order valence-electron chi connectivity index (χ2n) is 8.21. The van der Waals surface area contributed by atoms with Gasteiger partial charge in [0.25, 0.3) is 0 Å². The van der Waals surface area contributed by atoms with E-state index in [1.165, 1.54) is 17.8 Å². The standard InChI is InChI=1S/C24H25N5O6/c1-14(30)22(23(32)33)26-21(31)12-29-11-15(27-28-29)10-25-24(34)35-13-20-18-8-4-2-6-16(18)17-7-3-5-9-19(17)20/h2-9,11,14,20,22,30H,10,12-13H2,1H3,(H,25,34)(H,26,31)(H,32,33). The minimum Gasteiger partial charge on any atom is -0.480 e. The van der Waals surface area contributed by atoms with Gasteiger partial charge in [0.2, 0.25) is 5.91 Å². The van der Waals surface area contributed by atoms with Gasteiger partial charge in [-0.15, -0.1) is 5.10 Å². The molecule has 0 bridgehead atoms. The van der Waals surface area contributed by atoms with Crippen LogP contribution in [0.2, 0.25) is 0 Å². The van der Waals surface area contributed by atoms with Crippen LogP contribution in [0.25, 0.3) is 11.1 Å². The number of hydrogen-bond donors (Lipinski definition) is 4. The molecule has 1 aliphatic rings. The molecule has 4 rings (SSSR count). The number of hydrogen-bond acceptors (Lipinski definition) is 7. The van der Waals surface area contributed by atoms with E-state index in [1.807, 2.05) is 36.4 Å². The lowest BCUT2D eigenvalue weighted by Crippen LogP contribution is -2.48. The van der Waals surface area contributed by atoms with Crippen LogP contribution in [-0.4, -0.2) is 61.9 Å².